The van der Waals surface area contributed by atoms with Crippen LogP contribution < -0.4 is 0 Å². The van der Waals surface area contributed by atoms with Gasteiger partial charge in [0.25, 0.3) is 6.43 Å². The minimum atomic E-state index is -3.84. The lowest BCUT2D eigenvalue weighted by Gasteiger charge is -2.20. The third-order valence-electron chi connectivity index (χ3n) is 2.28. The lowest BCUT2D eigenvalue weighted by molar-refractivity contribution is 0.113. The molecule has 0 amide bonds. The van der Waals surface area contributed by atoms with Gasteiger partial charge in [-0.2, -0.15) is 4.31 Å². The highest BCUT2D eigenvalue weighted by molar-refractivity contribution is 7.88. The average Bonchev–Trinajstić information content (AvgIpc) is 2.28. The van der Waals surface area contributed by atoms with Gasteiger partial charge >= 0.3 is 0 Å². The van der Waals surface area contributed by atoms with Crippen LogP contribution in [-0.4, -0.2) is 44.0 Å². The molecule has 0 fully saturated rings. The molecule has 0 bridgehead atoms. The normalized spacial score (nSPS) is 12.3. The van der Waals surface area contributed by atoms with Crippen molar-refractivity contribution >= 4 is 10.0 Å². The zero-order valence-corrected chi connectivity index (χ0v) is 10.5. The number of rotatable bonds is 7. The van der Waals surface area contributed by atoms with Crippen LogP contribution in [0, 0.1) is 0 Å². The van der Waals surface area contributed by atoms with Gasteiger partial charge in [0, 0.05) is 6.54 Å². The number of benzene rings is 1. The average molecular weight is 279 g/mol. The van der Waals surface area contributed by atoms with Crippen molar-refractivity contribution in [3.63, 3.8) is 0 Å². The van der Waals surface area contributed by atoms with E-state index in [4.69, 9.17) is 5.11 Å². The molecule has 0 saturated heterocycles. The van der Waals surface area contributed by atoms with E-state index in [-0.39, 0.29) is 12.3 Å². The summed E-state index contributed by atoms with van der Waals surface area (Å²) in [6, 6.07) is 8.30. The SMILES string of the molecule is O=S(=O)(Cc1ccccc1)N(CCO)CC(F)F. The lowest BCUT2D eigenvalue weighted by atomic mass is 10.2. The van der Waals surface area contributed by atoms with Crippen molar-refractivity contribution in [2.75, 3.05) is 19.7 Å². The van der Waals surface area contributed by atoms with Gasteiger partial charge in [0.1, 0.15) is 0 Å². The van der Waals surface area contributed by atoms with E-state index >= 15 is 0 Å². The molecule has 4 nitrogen and oxygen atoms in total. The predicted octanol–water partition coefficient (Wildman–Crippen LogP) is 1.08. The first-order valence-electron chi connectivity index (χ1n) is 5.36. The minimum Gasteiger partial charge on any atom is -0.395 e. The van der Waals surface area contributed by atoms with Gasteiger partial charge in [0.15, 0.2) is 0 Å². The van der Waals surface area contributed by atoms with Crippen LogP contribution in [-0.2, 0) is 15.8 Å². The Labute approximate surface area is 105 Å². The number of aliphatic hydroxyl groups excluding tert-OH is 1. The topological polar surface area (TPSA) is 57.6 Å². The summed E-state index contributed by atoms with van der Waals surface area (Å²) < 4.78 is 49.0. The second-order valence-corrected chi connectivity index (χ2v) is 5.68. The van der Waals surface area contributed by atoms with Crippen LogP contribution in [0.2, 0.25) is 0 Å². The zero-order chi connectivity index (χ0) is 13.6. The highest BCUT2D eigenvalue weighted by Gasteiger charge is 2.25. The lowest BCUT2D eigenvalue weighted by Crippen LogP contribution is -2.37. The maximum atomic E-state index is 12.3. The van der Waals surface area contributed by atoms with Crippen molar-refractivity contribution in [1.29, 1.82) is 0 Å². The maximum absolute atomic E-state index is 12.3. The Morgan fingerprint density at radius 3 is 2.33 bits per heavy atom. The van der Waals surface area contributed by atoms with Crippen LogP contribution in [0.1, 0.15) is 5.56 Å². The second kappa shape index (κ2) is 6.77. The third kappa shape index (κ3) is 4.67. The Balaban J connectivity index is 2.81. The fraction of sp³-hybridized carbons (Fsp3) is 0.455. The van der Waals surface area contributed by atoms with Crippen LogP contribution in [0.15, 0.2) is 30.3 Å². The fourth-order valence-electron chi connectivity index (χ4n) is 1.49. The van der Waals surface area contributed by atoms with E-state index in [1.54, 1.807) is 30.3 Å². The number of aliphatic hydroxyl groups is 1. The van der Waals surface area contributed by atoms with Gasteiger partial charge in [-0.05, 0) is 5.56 Å². The molecule has 0 aliphatic rings. The van der Waals surface area contributed by atoms with Gasteiger partial charge < -0.3 is 5.11 Å². The van der Waals surface area contributed by atoms with Crippen LogP contribution in [0.3, 0.4) is 0 Å². The molecule has 0 atom stereocenters. The second-order valence-electron chi connectivity index (χ2n) is 3.71. The highest BCUT2D eigenvalue weighted by atomic mass is 32.2. The molecule has 1 aromatic carbocycles. The monoisotopic (exact) mass is 279 g/mol. The van der Waals surface area contributed by atoms with Crippen molar-refractivity contribution < 1.29 is 22.3 Å². The van der Waals surface area contributed by atoms with Gasteiger partial charge in [-0.25, -0.2) is 17.2 Å². The molecule has 0 saturated carbocycles. The molecule has 0 spiro atoms. The first-order chi connectivity index (χ1) is 8.45. The molecule has 0 aliphatic heterocycles. The first-order valence-corrected chi connectivity index (χ1v) is 6.97. The number of nitrogens with zero attached hydrogens (tertiary/aromatic N) is 1. The maximum Gasteiger partial charge on any atom is 0.252 e. The molecule has 1 aromatic rings. The van der Waals surface area contributed by atoms with E-state index in [0.717, 1.165) is 0 Å². The third-order valence-corrected chi connectivity index (χ3v) is 4.09. The molecule has 18 heavy (non-hydrogen) atoms. The standard InChI is InChI=1S/C11H15F2NO3S/c12-11(13)8-14(6-7-15)18(16,17)9-10-4-2-1-3-5-10/h1-5,11,15H,6-9H2. The van der Waals surface area contributed by atoms with Crippen molar-refractivity contribution in [2.24, 2.45) is 0 Å². The first kappa shape index (κ1) is 15.0. The molecule has 0 aliphatic carbocycles. The van der Waals surface area contributed by atoms with Gasteiger partial charge in [-0.3, -0.25) is 0 Å². The van der Waals surface area contributed by atoms with Gasteiger partial charge in [0.2, 0.25) is 10.0 Å². The van der Waals surface area contributed by atoms with Gasteiger partial charge in [0.05, 0.1) is 18.9 Å². The summed E-state index contributed by atoms with van der Waals surface area (Å²) in [6.07, 6.45) is -2.76. The smallest absolute Gasteiger partial charge is 0.252 e. The summed E-state index contributed by atoms with van der Waals surface area (Å²) in [5.74, 6) is -0.347. The van der Waals surface area contributed by atoms with Crippen LogP contribution in [0.25, 0.3) is 0 Å². The highest BCUT2D eigenvalue weighted by Crippen LogP contribution is 2.12. The Hall–Kier alpha value is -1.05. The summed E-state index contributed by atoms with van der Waals surface area (Å²) in [5.41, 5.74) is 0.523. The fourth-order valence-corrected chi connectivity index (χ4v) is 2.98. The molecule has 0 unspecified atom stereocenters. The van der Waals surface area contributed by atoms with Crippen molar-refractivity contribution in [3.8, 4) is 0 Å². The molecule has 0 aromatic heterocycles. The molecule has 102 valence electrons. The summed E-state index contributed by atoms with van der Waals surface area (Å²) in [4.78, 5) is 0. The number of alkyl halides is 2. The van der Waals surface area contributed by atoms with E-state index in [1.807, 2.05) is 0 Å². The summed E-state index contributed by atoms with van der Waals surface area (Å²) >= 11 is 0. The van der Waals surface area contributed by atoms with Crippen LogP contribution >= 0.6 is 0 Å². The molecule has 1 rings (SSSR count). The number of hydrogen-bond donors (Lipinski definition) is 1. The van der Waals surface area contributed by atoms with Crippen LogP contribution in [0.5, 0.6) is 0 Å². The van der Waals surface area contributed by atoms with E-state index < -0.39 is 29.6 Å². The molecule has 0 radical (unpaired) electrons. The molecular formula is C11H15F2NO3S. The van der Waals surface area contributed by atoms with Crippen molar-refractivity contribution in [2.45, 2.75) is 12.2 Å². The quantitative estimate of drug-likeness (QED) is 0.812. The predicted molar refractivity (Wildman–Crippen MR) is 63.7 cm³/mol. The Morgan fingerprint density at radius 1 is 1.22 bits per heavy atom. The number of sulfonamides is 1. The van der Waals surface area contributed by atoms with E-state index in [0.29, 0.717) is 9.87 Å². The Morgan fingerprint density at radius 2 is 1.83 bits per heavy atom. The van der Waals surface area contributed by atoms with E-state index in [2.05, 4.69) is 0 Å². The summed E-state index contributed by atoms with van der Waals surface area (Å²) in [5, 5.41) is 8.73. The molecule has 1 N–H and O–H groups in total. The van der Waals surface area contributed by atoms with Gasteiger partial charge in [-0.1, -0.05) is 30.3 Å². The van der Waals surface area contributed by atoms with Crippen molar-refractivity contribution in [3.05, 3.63) is 35.9 Å². The largest absolute Gasteiger partial charge is 0.395 e. The number of halogens is 2. The van der Waals surface area contributed by atoms with Gasteiger partial charge in [-0.15, -0.1) is 0 Å². The molecule has 7 heteroatoms. The van der Waals surface area contributed by atoms with E-state index in [9.17, 15) is 17.2 Å². The van der Waals surface area contributed by atoms with Crippen molar-refractivity contribution in [1.82, 2.24) is 4.31 Å². The van der Waals surface area contributed by atoms with Crippen LogP contribution in [0.4, 0.5) is 8.78 Å². The number of hydrogen-bond acceptors (Lipinski definition) is 3. The van der Waals surface area contributed by atoms with E-state index in [1.165, 1.54) is 0 Å². The zero-order valence-electron chi connectivity index (χ0n) is 9.67. The minimum absolute atomic E-state index is 0.320. The summed E-state index contributed by atoms with van der Waals surface area (Å²) in [6.45, 7) is -1.70. The Bertz CT molecular complexity index is 451. The molecular weight excluding hydrogens is 264 g/mol. The molecule has 0 heterocycles. The Kier molecular flexibility index (Phi) is 5.64. The summed E-state index contributed by atoms with van der Waals surface area (Å²) in [7, 11) is -3.84.